The molecule has 1 N–H and O–H groups in total. The molecule has 0 aliphatic carbocycles. The molecule has 1 aromatic heterocycles. The molecule has 98 valence electrons. The van der Waals surface area contributed by atoms with Gasteiger partial charge in [0.1, 0.15) is 5.82 Å². The summed E-state index contributed by atoms with van der Waals surface area (Å²) in [6, 6.07) is 6.35. The third kappa shape index (κ3) is 2.36. The highest BCUT2D eigenvalue weighted by molar-refractivity contribution is 5.55. The van der Waals surface area contributed by atoms with Crippen LogP contribution in [0, 0.1) is 5.82 Å². The van der Waals surface area contributed by atoms with Crippen molar-refractivity contribution in [1.29, 1.82) is 0 Å². The van der Waals surface area contributed by atoms with Crippen LogP contribution in [0.15, 0.2) is 24.3 Å². The summed E-state index contributed by atoms with van der Waals surface area (Å²) < 4.78 is 13.0. The lowest BCUT2D eigenvalue weighted by Gasteiger charge is -2.19. The summed E-state index contributed by atoms with van der Waals surface area (Å²) in [5, 5.41) is 3.33. The van der Waals surface area contributed by atoms with E-state index in [2.05, 4.69) is 22.2 Å². The van der Waals surface area contributed by atoms with Crippen LogP contribution in [-0.4, -0.2) is 16.5 Å². The highest BCUT2D eigenvalue weighted by atomic mass is 19.1. The molecule has 4 heteroatoms. The Morgan fingerprint density at radius 3 is 2.74 bits per heavy atom. The second-order valence-electron chi connectivity index (χ2n) is 4.71. The molecule has 2 heterocycles. The van der Waals surface area contributed by atoms with E-state index in [4.69, 9.17) is 0 Å². The number of hydrogen-bond donors (Lipinski definition) is 1. The summed E-state index contributed by atoms with van der Waals surface area (Å²) in [6.07, 6.45) is 1.89. The van der Waals surface area contributed by atoms with Gasteiger partial charge in [0, 0.05) is 17.8 Å². The average Bonchev–Trinajstić information content (AvgIpc) is 2.47. The first-order valence-corrected chi connectivity index (χ1v) is 6.63. The highest BCUT2D eigenvalue weighted by Gasteiger charge is 2.16. The number of benzene rings is 1. The van der Waals surface area contributed by atoms with E-state index >= 15 is 0 Å². The summed E-state index contributed by atoms with van der Waals surface area (Å²) in [6.45, 7) is 3.89. The van der Waals surface area contributed by atoms with Crippen molar-refractivity contribution >= 4 is 0 Å². The minimum atomic E-state index is -0.237. The Hall–Kier alpha value is -1.81. The number of nitrogens with one attached hydrogen (secondary N) is 1. The van der Waals surface area contributed by atoms with E-state index in [0.717, 1.165) is 42.9 Å². The third-order valence-electron chi connectivity index (χ3n) is 3.46. The van der Waals surface area contributed by atoms with E-state index in [1.807, 2.05) is 0 Å². The van der Waals surface area contributed by atoms with Gasteiger partial charge >= 0.3 is 0 Å². The Kier molecular flexibility index (Phi) is 3.25. The maximum Gasteiger partial charge on any atom is 0.159 e. The Balaban J connectivity index is 2.09. The zero-order valence-corrected chi connectivity index (χ0v) is 10.9. The molecule has 19 heavy (non-hydrogen) atoms. The molecule has 1 aromatic carbocycles. The van der Waals surface area contributed by atoms with E-state index in [1.54, 1.807) is 12.1 Å². The number of hydrogen-bond acceptors (Lipinski definition) is 3. The van der Waals surface area contributed by atoms with Crippen molar-refractivity contribution in [2.45, 2.75) is 26.3 Å². The first-order chi connectivity index (χ1) is 9.28. The Bertz CT molecular complexity index is 576. The van der Waals surface area contributed by atoms with E-state index in [-0.39, 0.29) is 5.82 Å². The zero-order chi connectivity index (χ0) is 13.2. The molecule has 3 rings (SSSR count). The minimum absolute atomic E-state index is 0.237. The molecule has 0 bridgehead atoms. The van der Waals surface area contributed by atoms with Gasteiger partial charge in [0.25, 0.3) is 0 Å². The van der Waals surface area contributed by atoms with Crippen LogP contribution in [0.2, 0.25) is 0 Å². The first-order valence-electron chi connectivity index (χ1n) is 6.63. The van der Waals surface area contributed by atoms with Gasteiger partial charge < -0.3 is 5.32 Å². The number of fused-ring (bicyclic) bond motifs is 1. The quantitative estimate of drug-likeness (QED) is 0.898. The number of halogens is 1. The van der Waals surface area contributed by atoms with Crippen molar-refractivity contribution in [3.05, 3.63) is 47.0 Å². The fourth-order valence-corrected chi connectivity index (χ4v) is 2.46. The van der Waals surface area contributed by atoms with Gasteiger partial charge in [0.2, 0.25) is 0 Å². The van der Waals surface area contributed by atoms with Gasteiger partial charge in [0.15, 0.2) is 5.82 Å². The van der Waals surface area contributed by atoms with Crippen molar-refractivity contribution in [3.63, 3.8) is 0 Å². The van der Waals surface area contributed by atoms with E-state index < -0.39 is 0 Å². The van der Waals surface area contributed by atoms with Crippen molar-refractivity contribution in [2.24, 2.45) is 0 Å². The first kappa shape index (κ1) is 12.2. The molecule has 0 saturated heterocycles. The topological polar surface area (TPSA) is 37.8 Å². The number of aryl methyl sites for hydroxylation is 1. The van der Waals surface area contributed by atoms with Gasteiger partial charge in [-0.3, -0.25) is 0 Å². The van der Waals surface area contributed by atoms with Gasteiger partial charge in [0.05, 0.1) is 5.69 Å². The van der Waals surface area contributed by atoms with Crippen LogP contribution in [0.3, 0.4) is 0 Å². The third-order valence-corrected chi connectivity index (χ3v) is 3.46. The monoisotopic (exact) mass is 257 g/mol. The standard InChI is InChI=1S/C15H16FN3/c1-2-13-12-7-8-17-9-14(12)19-15(18-13)10-3-5-11(16)6-4-10/h3-6,17H,2,7-9H2,1H3. The molecule has 0 spiro atoms. The summed E-state index contributed by atoms with van der Waals surface area (Å²) in [7, 11) is 0. The van der Waals surface area contributed by atoms with Gasteiger partial charge in [-0.15, -0.1) is 0 Å². The lowest BCUT2D eigenvalue weighted by Crippen LogP contribution is -2.26. The normalized spacial score (nSPS) is 14.2. The molecule has 0 fully saturated rings. The van der Waals surface area contributed by atoms with Crippen LogP contribution in [-0.2, 0) is 19.4 Å². The molecule has 0 radical (unpaired) electrons. The van der Waals surface area contributed by atoms with Crippen LogP contribution in [0.25, 0.3) is 11.4 Å². The van der Waals surface area contributed by atoms with Crippen molar-refractivity contribution in [1.82, 2.24) is 15.3 Å². The lowest BCUT2D eigenvalue weighted by atomic mass is 10.0. The molecule has 0 atom stereocenters. The molecule has 1 aliphatic heterocycles. The maximum absolute atomic E-state index is 13.0. The van der Waals surface area contributed by atoms with E-state index in [1.165, 1.54) is 17.7 Å². The van der Waals surface area contributed by atoms with E-state index in [0.29, 0.717) is 5.82 Å². The maximum atomic E-state index is 13.0. The van der Waals surface area contributed by atoms with Gasteiger partial charge in [-0.05, 0) is 49.2 Å². The van der Waals surface area contributed by atoms with Gasteiger partial charge in [-0.2, -0.15) is 0 Å². The van der Waals surface area contributed by atoms with Crippen LogP contribution in [0.5, 0.6) is 0 Å². The smallest absolute Gasteiger partial charge is 0.159 e. The lowest BCUT2D eigenvalue weighted by molar-refractivity contribution is 0.616. The van der Waals surface area contributed by atoms with Crippen LogP contribution in [0.1, 0.15) is 23.9 Å². The molecule has 0 unspecified atom stereocenters. The Morgan fingerprint density at radius 1 is 1.21 bits per heavy atom. The van der Waals surface area contributed by atoms with Crippen LogP contribution in [0.4, 0.5) is 4.39 Å². The fourth-order valence-electron chi connectivity index (χ4n) is 2.46. The van der Waals surface area contributed by atoms with Crippen LogP contribution >= 0.6 is 0 Å². The molecule has 3 nitrogen and oxygen atoms in total. The van der Waals surface area contributed by atoms with Gasteiger partial charge in [-0.1, -0.05) is 6.92 Å². The largest absolute Gasteiger partial charge is 0.311 e. The summed E-state index contributed by atoms with van der Waals surface area (Å²) in [5.41, 5.74) is 4.35. The molecular weight excluding hydrogens is 241 g/mol. The van der Waals surface area contributed by atoms with Crippen molar-refractivity contribution in [3.8, 4) is 11.4 Å². The predicted molar refractivity (Wildman–Crippen MR) is 72.2 cm³/mol. The SMILES string of the molecule is CCc1nc(-c2ccc(F)cc2)nc2c1CCNC2. The zero-order valence-electron chi connectivity index (χ0n) is 10.9. The van der Waals surface area contributed by atoms with E-state index in [9.17, 15) is 4.39 Å². The van der Waals surface area contributed by atoms with Gasteiger partial charge in [-0.25, -0.2) is 14.4 Å². The molecular formula is C15H16FN3. The Labute approximate surface area is 111 Å². The molecule has 2 aromatic rings. The highest BCUT2D eigenvalue weighted by Crippen LogP contribution is 2.22. The molecule has 0 amide bonds. The summed E-state index contributed by atoms with van der Waals surface area (Å²) in [4.78, 5) is 9.27. The predicted octanol–water partition coefficient (Wildman–Crippen LogP) is 2.49. The average molecular weight is 257 g/mol. The fraction of sp³-hybridized carbons (Fsp3) is 0.333. The summed E-state index contributed by atoms with van der Waals surface area (Å²) >= 11 is 0. The second-order valence-corrected chi connectivity index (χ2v) is 4.71. The molecule has 0 saturated carbocycles. The Morgan fingerprint density at radius 2 is 2.00 bits per heavy atom. The van der Waals surface area contributed by atoms with Crippen LogP contribution < -0.4 is 5.32 Å². The van der Waals surface area contributed by atoms with Crippen molar-refractivity contribution < 1.29 is 4.39 Å². The number of rotatable bonds is 2. The minimum Gasteiger partial charge on any atom is -0.311 e. The van der Waals surface area contributed by atoms with Crippen molar-refractivity contribution in [2.75, 3.05) is 6.54 Å². The number of aromatic nitrogens is 2. The molecule has 1 aliphatic rings. The number of nitrogens with zero attached hydrogens (tertiary/aromatic N) is 2. The summed E-state index contributed by atoms with van der Waals surface area (Å²) in [5.74, 6) is 0.457. The second kappa shape index (κ2) is 5.05.